The molecule has 2 aromatic carbocycles. The number of carbonyl (C=O) groups is 2. The van der Waals surface area contributed by atoms with Crippen LogP contribution in [-0.2, 0) is 9.53 Å². The molecule has 1 amide bonds. The van der Waals surface area contributed by atoms with Crippen LogP contribution in [0.3, 0.4) is 0 Å². The van der Waals surface area contributed by atoms with E-state index < -0.39 is 11.9 Å². The number of nitrogens with one attached hydrogen (secondary N) is 1. The maximum absolute atomic E-state index is 11.7. The Balaban J connectivity index is 1.79. The van der Waals surface area contributed by atoms with E-state index in [0.717, 1.165) is 5.56 Å². The molecule has 0 bridgehead atoms. The van der Waals surface area contributed by atoms with E-state index in [1.807, 2.05) is 18.2 Å². The van der Waals surface area contributed by atoms with E-state index in [-0.39, 0.29) is 6.61 Å². The number of esters is 1. The molecule has 0 aromatic heterocycles. The molecular formula is C19H20N2O5. The van der Waals surface area contributed by atoms with E-state index in [1.165, 1.54) is 6.21 Å². The molecule has 0 unspecified atom stereocenters. The average Bonchev–Trinajstić information content (AvgIpc) is 2.67. The molecule has 0 aliphatic heterocycles. The van der Waals surface area contributed by atoms with Crippen LogP contribution in [0.25, 0.3) is 0 Å². The van der Waals surface area contributed by atoms with Crippen LogP contribution in [0.5, 0.6) is 11.5 Å². The van der Waals surface area contributed by atoms with Gasteiger partial charge >= 0.3 is 5.97 Å². The van der Waals surface area contributed by atoms with Crippen LogP contribution >= 0.6 is 0 Å². The van der Waals surface area contributed by atoms with Gasteiger partial charge in [0.2, 0.25) is 0 Å². The summed E-state index contributed by atoms with van der Waals surface area (Å²) >= 11 is 0. The zero-order chi connectivity index (χ0) is 18.8. The van der Waals surface area contributed by atoms with E-state index in [9.17, 15) is 9.59 Å². The Morgan fingerprint density at radius 3 is 2.58 bits per heavy atom. The minimum absolute atomic E-state index is 0.200. The van der Waals surface area contributed by atoms with Gasteiger partial charge < -0.3 is 14.2 Å². The first-order valence-corrected chi connectivity index (χ1v) is 7.98. The van der Waals surface area contributed by atoms with Crippen LogP contribution in [0.4, 0.5) is 0 Å². The molecule has 136 valence electrons. The van der Waals surface area contributed by atoms with Crippen molar-refractivity contribution in [3.63, 3.8) is 0 Å². The van der Waals surface area contributed by atoms with Gasteiger partial charge in [0, 0.05) is 0 Å². The molecule has 0 saturated carbocycles. The first-order valence-electron chi connectivity index (χ1n) is 7.98. The minimum Gasteiger partial charge on any atom is -0.497 e. The Bertz CT molecular complexity index is 772. The van der Waals surface area contributed by atoms with Gasteiger partial charge in [-0.25, -0.2) is 10.2 Å². The first kappa shape index (κ1) is 19.0. The fourth-order valence-electron chi connectivity index (χ4n) is 1.98. The maximum Gasteiger partial charge on any atom is 0.338 e. The zero-order valence-electron chi connectivity index (χ0n) is 14.6. The topological polar surface area (TPSA) is 86.2 Å². The number of amides is 1. The Morgan fingerprint density at radius 1 is 1.12 bits per heavy atom. The lowest BCUT2D eigenvalue weighted by molar-refractivity contribution is -0.123. The van der Waals surface area contributed by atoms with Crippen LogP contribution in [0.1, 0.15) is 22.8 Å². The second-order valence-electron chi connectivity index (χ2n) is 5.10. The average molecular weight is 356 g/mol. The largest absolute Gasteiger partial charge is 0.497 e. The van der Waals surface area contributed by atoms with Gasteiger partial charge in [-0.15, -0.1) is 0 Å². The van der Waals surface area contributed by atoms with Crippen molar-refractivity contribution in [3.05, 3.63) is 59.7 Å². The van der Waals surface area contributed by atoms with Crippen LogP contribution in [0, 0.1) is 0 Å². The van der Waals surface area contributed by atoms with Gasteiger partial charge in [0.25, 0.3) is 5.91 Å². The number of hydrogen-bond acceptors (Lipinski definition) is 6. The highest BCUT2D eigenvalue weighted by molar-refractivity contribution is 5.89. The Morgan fingerprint density at radius 2 is 1.88 bits per heavy atom. The molecule has 0 saturated heterocycles. The van der Waals surface area contributed by atoms with E-state index >= 15 is 0 Å². The second-order valence-corrected chi connectivity index (χ2v) is 5.10. The molecule has 2 rings (SSSR count). The lowest BCUT2D eigenvalue weighted by Gasteiger charge is -2.06. The third kappa shape index (κ3) is 5.94. The van der Waals surface area contributed by atoms with Gasteiger partial charge in [0.1, 0.15) is 11.5 Å². The molecule has 0 fully saturated rings. The third-order valence-corrected chi connectivity index (χ3v) is 3.23. The monoisotopic (exact) mass is 356 g/mol. The summed E-state index contributed by atoms with van der Waals surface area (Å²) < 4.78 is 15.3. The predicted octanol–water partition coefficient (Wildman–Crippen LogP) is 2.40. The van der Waals surface area contributed by atoms with Crippen molar-refractivity contribution in [1.29, 1.82) is 0 Å². The summed E-state index contributed by atoms with van der Waals surface area (Å²) in [6, 6.07) is 13.6. The standard InChI is InChI=1S/C19H20N2O5/c1-3-25-19(23)15-7-9-16(10-8-15)26-13-18(22)21-20-12-14-5-4-6-17(11-14)24-2/h4-12H,3,13H2,1-2H3,(H,21,22). The summed E-state index contributed by atoms with van der Waals surface area (Å²) in [7, 11) is 1.58. The highest BCUT2D eigenvalue weighted by atomic mass is 16.5. The number of ether oxygens (including phenoxy) is 3. The summed E-state index contributed by atoms with van der Waals surface area (Å²) in [5.41, 5.74) is 3.59. The van der Waals surface area contributed by atoms with Gasteiger partial charge in [-0.1, -0.05) is 12.1 Å². The van der Waals surface area contributed by atoms with Gasteiger partial charge in [-0.2, -0.15) is 5.10 Å². The minimum atomic E-state index is -0.404. The van der Waals surface area contributed by atoms with Gasteiger partial charge in [-0.05, 0) is 48.9 Å². The van der Waals surface area contributed by atoms with Crippen molar-refractivity contribution in [1.82, 2.24) is 5.43 Å². The normalized spacial score (nSPS) is 10.4. The fourth-order valence-corrected chi connectivity index (χ4v) is 1.98. The van der Waals surface area contributed by atoms with E-state index in [0.29, 0.717) is 23.7 Å². The van der Waals surface area contributed by atoms with Crippen molar-refractivity contribution in [3.8, 4) is 11.5 Å². The number of rotatable bonds is 8. The van der Waals surface area contributed by atoms with Crippen LogP contribution in [0.15, 0.2) is 53.6 Å². The highest BCUT2D eigenvalue weighted by Gasteiger charge is 2.07. The van der Waals surface area contributed by atoms with Crippen molar-refractivity contribution in [2.45, 2.75) is 6.92 Å². The summed E-state index contributed by atoms with van der Waals surface area (Å²) in [5.74, 6) is 0.363. The van der Waals surface area contributed by atoms with E-state index in [1.54, 1.807) is 44.4 Å². The Hall–Kier alpha value is -3.35. The van der Waals surface area contributed by atoms with Gasteiger partial charge in [0.15, 0.2) is 6.61 Å². The summed E-state index contributed by atoms with van der Waals surface area (Å²) in [6.07, 6.45) is 1.51. The first-order chi connectivity index (χ1) is 12.6. The number of carbonyl (C=O) groups excluding carboxylic acids is 2. The summed E-state index contributed by atoms with van der Waals surface area (Å²) in [5, 5.41) is 3.87. The molecule has 0 atom stereocenters. The number of nitrogens with zero attached hydrogens (tertiary/aromatic N) is 1. The number of benzene rings is 2. The molecule has 2 aromatic rings. The maximum atomic E-state index is 11.7. The van der Waals surface area contributed by atoms with Gasteiger partial charge in [0.05, 0.1) is 25.5 Å². The molecule has 0 radical (unpaired) electrons. The number of hydrogen-bond donors (Lipinski definition) is 1. The third-order valence-electron chi connectivity index (χ3n) is 3.23. The van der Waals surface area contributed by atoms with Crippen molar-refractivity contribution < 1.29 is 23.8 Å². The quantitative estimate of drug-likeness (QED) is 0.446. The molecule has 26 heavy (non-hydrogen) atoms. The second kappa shape index (κ2) is 9.83. The molecule has 1 N–H and O–H groups in total. The molecule has 0 heterocycles. The van der Waals surface area contributed by atoms with Crippen molar-refractivity contribution >= 4 is 18.1 Å². The van der Waals surface area contributed by atoms with Gasteiger partial charge in [-0.3, -0.25) is 4.79 Å². The molecule has 0 aliphatic carbocycles. The Labute approximate surface area is 151 Å². The lowest BCUT2D eigenvalue weighted by Crippen LogP contribution is -2.24. The molecule has 0 spiro atoms. The van der Waals surface area contributed by atoms with Crippen molar-refractivity contribution in [2.75, 3.05) is 20.3 Å². The number of methoxy groups -OCH3 is 1. The van der Waals surface area contributed by atoms with Crippen LogP contribution in [0.2, 0.25) is 0 Å². The lowest BCUT2D eigenvalue weighted by atomic mass is 10.2. The SMILES string of the molecule is CCOC(=O)c1ccc(OCC(=O)NN=Cc2cccc(OC)c2)cc1. The number of hydrazone groups is 1. The van der Waals surface area contributed by atoms with Crippen molar-refractivity contribution in [2.24, 2.45) is 5.10 Å². The molecule has 7 nitrogen and oxygen atoms in total. The fraction of sp³-hybridized carbons (Fsp3) is 0.211. The summed E-state index contributed by atoms with van der Waals surface area (Å²) in [4.78, 5) is 23.3. The molecule has 7 heteroatoms. The van der Waals surface area contributed by atoms with E-state index in [2.05, 4.69) is 10.5 Å². The highest BCUT2D eigenvalue weighted by Crippen LogP contribution is 2.13. The smallest absolute Gasteiger partial charge is 0.338 e. The summed E-state index contributed by atoms with van der Waals surface area (Å²) in [6.45, 7) is 1.85. The van der Waals surface area contributed by atoms with Crippen LogP contribution < -0.4 is 14.9 Å². The predicted molar refractivity (Wildman–Crippen MR) is 96.6 cm³/mol. The molecular weight excluding hydrogens is 336 g/mol. The Kier molecular flexibility index (Phi) is 7.17. The molecule has 0 aliphatic rings. The van der Waals surface area contributed by atoms with Crippen LogP contribution in [-0.4, -0.2) is 38.4 Å². The van der Waals surface area contributed by atoms with E-state index in [4.69, 9.17) is 14.2 Å². The zero-order valence-corrected chi connectivity index (χ0v) is 14.6.